The van der Waals surface area contributed by atoms with Crippen molar-refractivity contribution in [2.24, 2.45) is 46.8 Å². The Balaban J connectivity index is 1.31. The monoisotopic (exact) mass is 354 g/mol. The summed E-state index contributed by atoms with van der Waals surface area (Å²) in [5.41, 5.74) is -1.76. The van der Waals surface area contributed by atoms with E-state index in [1.807, 2.05) is 6.92 Å². The summed E-state index contributed by atoms with van der Waals surface area (Å²) < 4.78 is 0. The van der Waals surface area contributed by atoms with Crippen LogP contribution in [0.3, 0.4) is 0 Å². The summed E-state index contributed by atoms with van der Waals surface area (Å²) >= 11 is 0. The third-order valence-corrected chi connectivity index (χ3v) is 9.96. The van der Waals surface area contributed by atoms with E-state index in [4.69, 9.17) is 0 Å². The van der Waals surface area contributed by atoms with E-state index >= 15 is 0 Å². The molecule has 1 atom stereocenters. The zero-order valence-electron chi connectivity index (χ0n) is 16.2. The van der Waals surface area contributed by atoms with Crippen LogP contribution in [-0.2, 0) is 0 Å². The van der Waals surface area contributed by atoms with Crippen LogP contribution in [0, 0.1) is 58.7 Å². The molecule has 0 saturated heterocycles. The van der Waals surface area contributed by atoms with Gasteiger partial charge in [0, 0.05) is 5.41 Å². The van der Waals surface area contributed by atoms with E-state index < -0.39 is 11.2 Å². The van der Waals surface area contributed by atoms with E-state index in [9.17, 15) is 10.2 Å². The topological polar surface area (TPSA) is 40.5 Å². The molecule has 8 rings (SSSR count). The molecule has 0 amide bonds. The van der Waals surface area contributed by atoms with Crippen LogP contribution < -0.4 is 0 Å². The molecular weight excluding hydrogens is 320 g/mol. The Hall–Kier alpha value is -0.520. The van der Waals surface area contributed by atoms with E-state index in [2.05, 4.69) is 11.8 Å². The Morgan fingerprint density at radius 2 is 1.15 bits per heavy atom. The van der Waals surface area contributed by atoms with Crippen LogP contribution in [0.4, 0.5) is 0 Å². The van der Waals surface area contributed by atoms with Crippen molar-refractivity contribution in [1.82, 2.24) is 0 Å². The molecule has 8 bridgehead atoms. The van der Waals surface area contributed by atoms with E-state index in [1.165, 1.54) is 25.7 Å². The average Bonchev–Trinajstić information content (AvgIpc) is 2.56. The maximum absolute atomic E-state index is 11.6. The van der Waals surface area contributed by atoms with Crippen molar-refractivity contribution in [2.45, 2.75) is 88.8 Å². The summed E-state index contributed by atoms with van der Waals surface area (Å²) in [4.78, 5) is 0. The molecule has 0 unspecified atom stereocenters. The van der Waals surface area contributed by atoms with Crippen LogP contribution in [0.25, 0.3) is 0 Å². The predicted octanol–water partition coefficient (Wildman–Crippen LogP) is 4.14. The van der Waals surface area contributed by atoms with E-state index in [0.29, 0.717) is 11.8 Å². The van der Waals surface area contributed by atoms with E-state index in [0.717, 1.165) is 74.5 Å². The van der Waals surface area contributed by atoms with Crippen molar-refractivity contribution in [2.75, 3.05) is 0 Å². The number of hydrogen-bond donors (Lipinski definition) is 2. The van der Waals surface area contributed by atoms with Crippen LogP contribution in [0.2, 0.25) is 0 Å². The summed E-state index contributed by atoms with van der Waals surface area (Å²) in [5, 5.41) is 23.1. The lowest BCUT2D eigenvalue weighted by molar-refractivity contribution is -0.147. The zero-order chi connectivity index (χ0) is 17.7. The molecule has 2 heteroatoms. The van der Waals surface area contributed by atoms with E-state index in [-0.39, 0.29) is 5.41 Å². The van der Waals surface area contributed by atoms with Gasteiger partial charge in [-0.05, 0) is 119 Å². The minimum atomic E-state index is -0.937. The maximum atomic E-state index is 11.6. The van der Waals surface area contributed by atoms with Gasteiger partial charge in [0.2, 0.25) is 0 Å². The molecule has 0 radical (unpaired) electrons. The second-order valence-corrected chi connectivity index (χ2v) is 11.6. The zero-order valence-corrected chi connectivity index (χ0v) is 16.2. The minimum absolute atomic E-state index is 0.00295. The molecule has 8 fully saturated rings. The Labute approximate surface area is 158 Å². The highest BCUT2D eigenvalue weighted by molar-refractivity contribution is 5.30. The molecule has 2 N–H and O–H groups in total. The van der Waals surface area contributed by atoms with Gasteiger partial charge in [-0.2, -0.15) is 0 Å². The summed E-state index contributed by atoms with van der Waals surface area (Å²) in [6.07, 6.45) is 13.7. The molecule has 0 heterocycles. The lowest BCUT2D eigenvalue weighted by Gasteiger charge is -2.60. The predicted molar refractivity (Wildman–Crippen MR) is 101 cm³/mol. The van der Waals surface area contributed by atoms with Gasteiger partial charge >= 0.3 is 0 Å². The molecular formula is C24H34O2. The van der Waals surface area contributed by atoms with Gasteiger partial charge in [0.05, 0.1) is 0 Å². The lowest BCUT2D eigenvalue weighted by atomic mass is 9.45. The third-order valence-electron chi connectivity index (χ3n) is 9.96. The van der Waals surface area contributed by atoms with E-state index in [1.54, 1.807) is 0 Å². The van der Waals surface area contributed by atoms with Crippen LogP contribution in [0.5, 0.6) is 0 Å². The molecule has 2 nitrogen and oxygen atoms in total. The van der Waals surface area contributed by atoms with Crippen LogP contribution >= 0.6 is 0 Å². The summed E-state index contributed by atoms with van der Waals surface area (Å²) in [6, 6.07) is 0. The fraction of sp³-hybridized carbons (Fsp3) is 0.917. The highest BCUT2D eigenvalue weighted by atomic mass is 16.3. The van der Waals surface area contributed by atoms with Crippen LogP contribution in [0.1, 0.15) is 77.6 Å². The fourth-order valence-electron chi connectivity index (χ4n) is 9.17. The Bertz CT molecular complexity index is 615. The third kappa shape index (κ3) is 2.14. The Morgan fingerprint density at radius 3 is 1.62 bits per heavy atom. The minimum Gasteiger partial charge on any atom is -0.377 e. The van der Waals surface area contributed by atoms with Gasteiger partial charge in [-0.1, -0.05) is 11.8 Å². The largest absolute Gasteiger partial charge is 0.377 e. The van der Waals surface area contributed by atoms with Gasteiger partial charge in [0.1, 0.15) is 11.2 Å². The van der Waals surface area contributed by atoms with Gasteiger partial charge in [-0.25, -0.2) is 0 Å². The second-order valence-electron chi connectivity index (χ2n) is 11.6. The smallest absolute Gasteiger partial charge is 0.131 e. The first-order valence-corrected chi connectivity index (χ1v) is 11.3. The molecule has 8 aliphatic rings. The number of aliphatic hydroxyl groups is 2. The molecule has 0 aromatic rings. The standard InChI is InChI=1S/C24H34O2/c1-22(25,23-12-17-5-18(13-23)7-19(6-17)14-23)2-3-24(26)20-8-15-4-16(10-20)11-21(24)9-15/h15-21,25-26H,4-14H2,1H3/t15?,16?,17?,18?,19?,20?,21?,22-,23?,24?/m0/s1. The molecule has 0 spiro atoms. The molecule has 8 saturated carbocycles. The Morgan fingerprint density at radius 1 is 0.731 bits per heavy atom. The first-order chi connectivity index (χ1) is 12.4. The quantitative estimate of drug-likeness (QED) is 0.695. The van der Waals surface area contributed by atoms with Gasteiger partial charge < -0.3 is 10.2 Å². The summed E-state index contributed by atoms with van der Waals surface area (Å²) in [5.74, 6) is 11.5. The normalized spacial score (nSPS) is 58.3. The maximum Gasteiger partial charge on any atom is 0.131 e. The van der Waals surface area contributed by atoms with Gasteiger partial charge in [0.25, 0.3) is 0 Å². The van der Waals surface area contributed by atoms with Crippen molar-refractivity contribution in [3.8, 4) is 11.8 Å². The lowest BCUT2D eigenvalue weighted by Crippen LogP contribution is -2.58. The first-order valence-electron chi connectivity index (χ1n) is 11.3. The molecule has 0 aromatic carbocycles. The van der Waals surface area contributed by atoms with Crippen molar-refractivity contribution >= 4 is 0 Å². The molecule has 0 aromatic heterocycles. The van der Waals surface area contributed by atoms with Gasteiger partial charge in [-0.3, -0.25) is 0 Å². The highest BCUT2D eigenvalue weighted by Gasteiger charge is 2.59. The van der Waals surface area contributed by atoms with Crippen molar-refractivity contribution < 1.29 is 10.2 Å². The summed E-state index contributed by atoms with van der Waals surface area (Å²) in [7, 11) is 0. The molecule has 142 valence electrons. The van der Waals surface area contributed by atoms with Gasteiger partial charge in [-0.15, -0.1) is 0 Å². The number of rotatable bonds is 1. The molecule has 0 aliphatic heterocycles. The van der Waals surface area contributed by atoms with Gasteiger partial charge in [0.15, 0.2) is 0 Å². The summed E-state index contributed by atoms with van der Waals surface area (Å²) in [6.45, 7) is 1.98. The van der Waals surface area contributed by atoms with Crippen molar-refractivity contribution in [1.29, 1.82) is 0 Å². The fourth-order valence-corrected chi connectivity index (χ4v) is 9.17. The molecule has 8 aliphatic carbocycles. The van der Waals surface area contributed by atoms with Crippen LogP contribution in [0.15, 0.2) is 0 Å². The first kappa shape index (κ1) is 16.4. The highest BCUT2D eigenvalue weighted by Crippen LogP contribution is 2.64. The van der Waals surface area contributed by atoms with Crippen molar-refractivity contribution in [3.05, 3.63) is 0 Å². The number of hydrogen-bond acceptors (Lipinski definition) is 2. The SMILES string of the molecule is C[C@](O)(C#CC1(O)C2CC3CC(C2)CC1C3)C12CC3CC(CC(C3)C1)C2. The molecule has 26 heavy (non-hydrogen) atoms. The second kappa shape index (κ2) is 5.09. The average molecular weight is 355 g/mol. The van der Waals surface area contributed by atoms with Crippen molar-refractivity contribution in [3.63, 3.8) is 0 Å². The Kier molecular flexibility index (Phi) is 3.22. The van der Waals surface area contributed by atoms with Crippen LogP contribution in [-0.4, -0.2) is 21.4 Å².